The van der Waals surface area contributed by atoms with Crippen molar-refractivity contribution in [3.05, 3.63) is 24.2 Å². The smallest absolute Gasteiger partial charge is 0.225 e. The van der Waals surface area contributed by atoms with Gasteiger partial charge in [0, 0.05) is 44.1 Å². The Morgan fingerprint density at radius 2 is 1.37 bits per heavy atom. The predicted octanol–water partition coefficient (Wildman–Crippen LogP) is 3.71. The molecule has 2 aromatic heterocycles. The lowest BCUT2D eigenvalue weighted by molar-refractivity contribution is 0.434. The lowest BCUT2D eigenvalue weighted by Gasteiger charge is -2.30. The minimum Gasteiger partial charge on any atom is -0.341 e. The molecule has 0 N–H and O–H groups in total. The zero-order valence-electron chi connectivity index (χ0n) is 16.7. The van der Waals surface area contributed by atoms with Crippen molar-refractivity contribution in [1.29, 1.82) is 0 Å². The molecule has 0 aromatic carbocycles. The molecule has 4 heterocycles. The highest BCUT2D eigenvalue weighted by molar-refractivity contribution is 5.62. The average molecular weight is 367 g/mol. The van der Waals surface area contributed by atoms with Crippen molar-refractivity contribution >= 4 is 11.9 Å². The fourth-order valence-corrected chi connectivity index (χ4v) is 3.93. The molecule has 0 amide bonds. The van der Waals surface area contributed by atoms with Gasteiger partial charge in [0.15, 0.2) is 0 Å². The Bertz CT molecular complexity index is 776. The van der Waals surface area contributed by atoms with E-state index >= 15 is 0 Å². The van der Waals surface area contributed by atoms with Gasteiger partial charge in [-0.2, -0.15) is 0 Å². The maximum absolute atomic E-state index is 4.83. The Morgan fingerprint density at radius 1 is 0.815 bits per heavy atom. The third-order valence-corrected chi connectivity index (χ3v) is 6.02. The third kappa shape index (κ3) is 4.04. The fourth-order valence-electron chi connectivity index (χ4n) is 3.93. The number of piperidine rings is 2. The number of hydrogen-bond acceptors (Lipinski definition) is 6. The van der Waals surface area contributed by atoms with E-state index < -0.39 is 0 Å². The minimum atomic E-state index is 0.797. The summed E-state index contributed by atoms with van der Waals surface area (Å²) in [6, 6.07) is 1.96. The highest BCUT2D eigenvalue weighted by Crippen LogP contribution is 2.26. The molecule has 2 aromatic rings. The van der Waals surface area contributed by atoms with Crippen LogP contribution in [-0.4, -0.2) is 46.1 Å². The second-order valence-electron chi connectivity index (χ2n) is 8.25. The molecular formula is C21H30N6. The quantitative estimate of drug-likeness (QED) is 0.825. The van der Waals surface area contributed by atoms with Gasteiger partial charge in [0.2, 0.25) is 11.9 Å². The molecule has 0 atom stereocenters. The molecule has 0 bridgehead atoms. The van der Waals surface area contributed by atoms with E-state index in [1.165, 1.54) is 25.7 Å². The van der Waals surface area contributed by atoms with Crippen LogP contribution < -0.4 is 9.80 Å². The molecule has 0 unspecified atom stereocenters. The van der Waals surface area contributed by atoms with Gasteiger partial charge in [0.05, 0.1) is 11.4 Å². The summed E-state index contributed by atoms with van der Waals surface area (Å²) in [4.78, 5) is 23.4. The SMILES string of the molecule is Cc1nc(N2CCC(C)CC2)ncc1-c1ccnc(N2CCC(C)CC2)n1. The Balaban J connectivity index is 1.54. The van der Waals surface area contributed by atoms with E-state index in [-0.39, 0.29) is 0 Å². The molecule has 2 saturated heterocycles. The van der Waals surface area contributed by atoms with Gasteiger partial charge in [-0.25, -0.2) is 19.9 Å². The van der Waals surface area contributed by atoms with E-state index in [9.17, 15) is 0 Å². The Hall–Kier alpha value is -2.24. The number of anilines is 2. The summed E-state index contributed by atoms with van der Waals surface area (Å²) in [5.41, 5.74) is 2.89. The molecule has 2 aliphatic heterocycles. The first-order valence-corrected chi connectivity index (χ1v) is 10.3. The maximum atomic E-state index is 4.83. The van der Waals surface area contributed by atoms with Gasteiger partial charge in [-0.15, -0.1) is 0 Å². The zero-order valence-corrected chi connectivity index (χ0v) is 16.7. The van der Waals surface area contributed by atoms with Crippen molar-refractivity contribution < 1.29 is 0 Å². The topological polar surface area (TPSA) is 58.0 Å². The van der Waals surface area contributed by atoms with E-state index in [2.05, 4.69) is 40.5 Å². The monoisotopic (exact) mass is 366 g/mol. The minimum absolute atomic E-state index is 0.797. The summed E-state index contributed by atoms with van der Waals surface area (Å²) < 4.78 is 0. The van der Waals surface area contributed by atoms with Gasteiger partial charge in [0.25, 0.3) is 0 Å². The van der Waals surface area contributed by atoms with Crippen molar-refractivity contribution in [1.82, 2.24) is 19.9 Å². The lowest BCUT2D eigenvalue weighted by Crippen LogP contribution is -2.34. The van der Waals surface area contributed by atoms with Crippen LogP contribution in [0.4, 0.5) is 11.9 Å². The molecule has 6 nitrogen and oxygen atoms in total. The molecule has 6 heteroatoms. The predicted molar refractivity (Wildman–Crippen MR) is 109 cm³/mol. The zero-order chi connectivity index (χ0) is 18.8. The molecule has 4 rings (SSSR count). The Kier molecular flexibility index (Phi) is 5.23. The standard InChI is InChI=1S/C21H30N6/c1-15-5-10-26(11-6-15)20-22-9-4-19(25-20)18-14-23-21(24-17(18)3)27-12-7-16(2)8-13-27/h4,9,14-16H,5-8,10-13H2,1-3H3. The van der Waals surface area contributed by atoms with Gasteiger partial charge in [-0.1, -0.05) is 13.8 Å². The van der Waals surface area contributed by atoms with Crippen LogP contribution in [0.3, 0.4) is 0 Å². The third-order valence-electron chi connectivity index (χ3n) is 6.02. The van der Waals surface area contributed by atoms with Gasteiger partial charge in [-0.05, 0) is 50.5 Å². The van der Waals surface area contributed by atoms with E-state index in [4.69, 9.17) is 9.97 Å². The van der Waals surface area contributed by atoms with Crippen molar-refractivity contribution in [3.63, 3.8) is 0 Å². The van der Waals surface area contributed by atoms with Crippen LogP contribution in [0.5, 0.6) is 0 Å². The first-order valence-electron chi connectivity index (χ1n) is 10.3. The van der Waals surface area contributed by atoms with Crippen LogP contribution in [0.25, 0.3) is 11.3 Å². The molecule has 0 aliphatic carbocycles. The van der Waals surface area contributed by atoms with Gasteiger partial charge in [-0.3, -0.25) is 0 Å². The van der Waals surface area contributed by atoms with Crippen LogP contribution in [0, 0.1) is 18.8 Å². The molecule has 0 radical (unpaired) electrons. The maximum Gasteiger partial charge on any atom is 0.225 e. The van der Waals surface area contributed by atoms with Crippen LogP contribution in [-0.2, 0) is 0 Å². The fraction of sp³-hybridized carbons (Fsp3) is 0.619. The van der Waals surface area contributed by atoms with E-state index in [0.717, 1.165) is 66.9 Å². The highest BCUT2D eigenvalue weighted by Gasteiger charge is 2.20. The van der Waals surface area contributed by atoms with Gasteiger partial charge < -0.3 is 9.80 Å². The van der Waals surface area contributed by atoms with Crippen molar-refractivity contribution in [3.8, 4) is 11.3 Å². The molecule has 0 saturated carbocycles. The van der Waals surface area contributed by atoms with Gasteiger partial charge in [0.1, 0.15) is 0 Å². The molecule has 2 aliphatic rings. The van der Waals surface area contributed by atoms with Crippen molar-refractivity contribution in [2.45, 2.75) is 46.5 Å². The number of aryl methyl sites for hydroxylation is 1. The largest absolute Gasteiger partial charge is 0.341 e. The van der Waals surface area contributed by atoms with E-state index in [1.54, 1.807) is 0 Å². The lowest BCUT2D eigenvalue weighted by atomic mass is 9.99. The molecule has 144 valence electrons. The Labute approximate surface area is 162 Å². The molecule has 27 heavy (non-hydrogen) atoms. The second kappa shape index (κ2) is 7.79. The second-order valence-corrected chi connectivity index (χ2v) is 8.25. The van der Waals surface area contributed by atoms with Crippen molar-refractivity contribution in [2.24, 2.45) is 11.8 Å². The van der Waals surface area contributed by atoms with Crippen LogP contribution in [0.1, 0.15) is 45.2 Å². The Morgan fingerprint density at radius 3 is 1.93 bits per heavy atom. The average Bonchev–Trinajstić information content (AvgIpc) is 2.69. The summed E-state index contributed by atoms with van der Waals surface area (Å²) in [6.07, 6.45) is 8.63. The van der Waals surface area contributed by atoms with Gasteiger partial charge >= 0.3 is 0 Å². The van der Waals surface area contributed by atoms with Crippen LogP contribution in [0.2, 0.25) is 0 Å². The summed E-state index contributed by atoms with van der Waals surface area (Å²) in [5, 5.41) is 0. The summed E-state index contributed by atoms with van der Waals surface area (Å²) in [6.45, 7) is 10.9. The van der Waals surface area contributed by atoms with Crippen LogP contribution in [0.15, 0.2) is 18.5 Å². The molecule has 2 fully saturated rings. The normalized spacial score (nSPS) is 19.5. The summed E-state index contributed by atoms with van der Waals surface area (Å²) >= 11 is 0. The van der Waals surface area contributed by atoms with E-state index in [1.807, 2.05) is 18.5 Å². The number of nitrogens with zero attached hydrogens (tertiary/aromatic N) is 6. The van der Waals surface area contributed by atoms with Crippen molar-refractivity contribution in [2.75, 3.05) is 36.0 Å². The molecular weight excluding hydrogens is 336 g/mol. The van der Waals surface area contributed by atoms with E-state index in [0.29, 0.717) is 0 Å². The first kappa shape index (κ1) is 18.1. The highest BCUT2D eigenvalue weighted by atomic mass is 15.3. The molecule has 0 spiro atoms. The number of aromatic nitrogens is 4. The summed E-state index contributed by atoms with van der Waals surface area (Å²) in [7, 11) is 0. The number of hydrogen-bond donors (Lipinski definition) is 0. The summed E-state index contributed by atoms with van der Waals surface area (Å²) in [5.74, 6) is 3.28. The number of rotatable bonds is 3. The first-order chi connectivity index (χ1) is 13.1. The van der Waals surface area contributed by atoms with Crippen LogP contribution >= 0.6 is 0 Å².